The van der Waals surface area contributed by atoms with Gasteiger partial charge in [0.1, 0.15) is 0 Å². The molecular weight excluding hydrogens is 290 g/mol. The van der Waals surface area contributed by atoms with E-state index < -0.39 is 5.41 Å². The summed E-state index contributed by atoms with van der Waals surface area (Å²) in [6, 6.07) is 4.01. The molecule has 0 aliphatic heterocycles. The third kappa shape index (κ3) is 3.45. The number of amides is 1. The van der Waals surface area contributed by atoms with Crippen LogP contribution in [0, 0.1) is 19.3 Å². The highest BCUT2D eigenvalue weighted by atomic mass is 79.9. The fourth-order valence-corrected chi connectivity index (χ4v) is 2.53. The van der Waals surface area contributed by atoms with E-state index in [4.69, 9.17) is 0 Å². The van der Waals surface area contributed by atoms with E-state index in [2.05, 4.69) is 27.8 Å². The van der Waals surface area contributed by atoms with Crippen LogP contribution in [0.1, 0.15) is 31.4 Å². The third-order valence-corrected chi connectivity index (χ3v) is 3.46. The van der Waals surface area contributed by atoms with Crippen molar-refractivity contribution in [2.24, 2.45) is 5.41 Å². The van der Waals surface area contributed by atoms with Crippen LogP contribution in [0.3, 0.4) is 0 Å². The quantitative estimate of drug-likeness (QED) is 0.809. The van der Waals surface area contributed by atoms with Crippen LogP contribution >= 0.6 is 15.9 Å². The molecule has 0 heterocycles. The number of benzene rings is 1. The van der Waals surface area contributed by atoms with Gasteiger partial charge in [0.25, 0.3) is 0 Å². The summed E-state index contributed by atoms with van der Waals surface area (Å²) >= 11 is 3.45. The molecule has 3 heteroatoms. The number of carbonyl (C=O) groups excluding carboxylic acids is 1. The van der Waals surface area contributed by atoms with E-state index in [0.29, 0.717) is 6.42 Å². The van der Waals surface area contributed by atoms with Crippen molar-refractivity contribution in [2.45, 2.75) is 34.1 Å². The van der Waals surface area contributed by atoms with Crippen LogP contribution in [0.4, 0.5) is 5.69 Å². The molecule has 98 valence electrons. The molecule has 0 unspecified atom stereocenters. The maximum absolute atomic E-state index is 12.2. The fourth-order valence-electron chi connectivity index (χ4n) is 1.84. The van der Waals surface area contributed by atoms with E-state index >= 15 is 0 Å². The molecule has 0 fully saturated rings. The van der Waals surface area contributed by atoms with Crippen molar-refractivity contribution in [2.75, 3.05) is 5.32 Å². The number of anilines is 1. The average Bonchev–Trinajstić information content (AvgIpc) is 2.22. The van der Waals surface area contributed by atoms with Crippen LogP contribution in [0.25, 0.3) is 0 Å². The van der Waals surface area contributed by atoms with E-state index in [9.17, 15) is 4.79 Å². The van der Waals surface area contributed by atoms with Crippen LogP contribution in [0.15, 0.2) is 29.3 Å². The fraction of sp³-hybridized carbons (Fsp3) is 0.400. The lowest BCUT2D eigenvalue weighted by Crippen LogP contribution is -2.30. The summed E-state index contributed by atoms with van der Waals surface area (Å²) in [5.74, 6) is 0.0240. The first-order valence-electron chi connectivity index (χ1n) is 5.97. The summed E-state index contributed by atoms with van der Waals surface area (Å²) in [4.78, 5) is 12.2. The summed E-state index contributed by atoms with van der Waals surface area (Å²) in [5, 5.41) is 3.02. The Morgan fingerprint density at radius 2 is 1.89 bits per heavy atom. The minimum Gasteiger partial charge on any atom is -0.325 e. The SMILES string of the molecule is C=CCC(C)(C)C(=O)Nc1c(C)cc(Br)cc1C. The number of carbonyl (C=O) groups is 1. The summed E-state index contributed by atoms with van der Waals surface area (Å²) in [6.07, 6.45) is 2.44. The minimum absolute atomic E-state index is 0.0240. The van der Waals surface area contributed by atoms with Crippen LogP contribution in [0.5, 0.6) is 0 Å². The lowest BCUT2D eigenvalue weighted by atomic mass is 9.88. The first kappa shape index (κ1) is 15.0. The van der Waals surface area contributed by atoms with Gasteiger partial charge in [-0.05, 0) is 43.5 Å². The second-order valence-electron chi connectivity index (χ2n) is 5.25. The van der Waals surface area contributed by atoms with E-state index in [-0.39, 0.29) is 5.91 Å². The molecule has 0 bridgehead atoms. The van der Waals surface area contributed by atoms with Crippen LogP contribution in [-0.4, -0.2) is 5.91 Å². The van der Waals surface area contributed by atoms with Crippen molar-refractivity contribution in [3.63, 3.8) is 0 Å². The highest BCUT2D eigenvalue weighted by Gasteiger charge is 2.26. The maximum atomic E-state index is 12.2. The molecule has 0 aliphatic rings. The maximum Gasteiger partial charge on any atom is 0.230 e. The molecule has 18 heavy (non-hydrogen) atoms. The zero-order chi connectivity index (χ0) is 13.9. The van der Waals surface area contributed by atoms with E-state index in [1.54, 1.807) is 6.08 Å². The Labute approximate surface area is 118 Å². The van der Waals surface area contributed by atoms with Gasteiger partial charge in [-0.15, -0.1) is 6.58 Å². The summed E-state index contributed by atoms with van der Waals surface area (Å²) in [6.45, 7) is 11.5. The topological polar surface area (TPSA) is 29.1 Å². The number of nitrogens with one attached hydrogen (secondary N) is 1. The Balaban J connectivity index is 2.99. The molecule has 2 nitrogen and oxygen atoms in total. The second-order valence-corrected chi connectivity index (χ2v) is 6.16. The van der Waals surface area contributed by atoms with Crippen molar-refractivity contribution in [3.8, 4) is 0 Å². The molecule has 1 aromatic rings. The molecule has 1 aromatic carbocycles. The van der Waals surface area contributed by atoms with Gasteiger partial charge >= 0.3 is 0 Å². The van der Waals surface area contributed by atoms with Crippen molar-refractivity contribution >= 4 is 27.5 Å². The number of aryl methyl sites for hydroxylation is 2. The molecule has 0 saturated heterocycles. The molecule has 1 amide bonds. The van der Waals surface area contributed by atoms with Crippen LogP contribution < -0.4 is 5.32 Å². The predicted molar refractivity (Wildman–Crippen MR) is 80.8 cm³/mol. The van der Waals surface area contributed by atoms with Crippen molar-refractivity contribution in [1.29, 1.82) is 0 Å². The highest BCUT2D eigenvalue weighted by molar-refractivity contribution is 9.10. The molecule has 0 radical (unpaired) electrons. The largest absolute Gasteiger partial charge is 0.325 e. The average molecular weight is 310 g/mol. The smallest absolute Gasteiger partial charge is 0.230 e. The van der Waals surface area contributed by atoms with Gasteiger partial charge in [0.05, 0.1) is 0 Å². The molecule has 1 N–H and O–H groups in total. The lowest BCUT2D eigenvalue weighted by molar-refractivity contribution is -0.123. The molecule has 0 atom stereocenters. The molecule has 0 saturated carbocycles. The van der Waals surface area contributed by atoms with Crippen LogP contribution in [0.2, 0.25) is 0 Å². The van der Waals surface area contributed by atoms with Crippen LogP contribution in [-0.2, 0) is 4.79 Å². The first-order chi connectivity index (χ1) is 8.27. The Hall–Kier alpha value is -1.09. The molecule has 1 rings (SSSR count). The van der Waals surface area contributed by atoms with Gasteiger partial charge in [0.2, 0.25) is 5.91 Å². The summed E-state index contributed by atoms with van der Waals surface area (Å²) < 4.78 is 1.03. The summed E-state index contributed by atoms with van der Waals surface area (Å²) in [7, 11) is 0. The Kier molecular flexibility index (Phi) is 4.74. The van der Waals surface area contributed by atoms with Gasteiger partial charge < -0.3 is 5.32 Å². The van der Waals surface area contributed by atoms with Gasteiger partial charge in [0.15, 0.2) is 0 Å². The number of hydrogen-bond acceptors (Lipinski definition) is 1. The highest BCUT2D eigenvalue weighted by Crippen LogP contribution is 2.28. The molecule has 0 aromatic heterocycles. The lowest BCUT2D eigenvalue weighted by Gasteiger charge is -2.23. The van der Waals surface area contributed by atoms with Gasteiger partial charge in [-0.25, -0.2) is 0 Å². The Morgan fingerprint density at radius 1 is 1.39 bits per heavy atom. The normalized spacial score (nSPS) is 11.2. The van der Waals surface area contributed by atoms with E-state index in [1.165, 1.54) is 0 Å². The molecular formula is C15H20BrNO. The van der Waals surface area contributed by atoms with Gasteiger partial charge in [-0.3, -0.25) is 4.79 Å². The Bertz CT molecular complexity index is 454. The standard InChI is InChI=1S/C15H20BrNO/c1-6-7-15(4,5)14(18)17-13-10(2)8-12(16)9-11(13)3/h6,8-9H,1,7H2,2-5H3,(H,17,18). The third-order valence-electron chi connectivity index (χ3n) is 3.01. The van der Waals surface area contributed by atoms with Crippen molar-refractivity contribution in [1.82, 2.24) is 0 Å². The zero-order valence-corrected chi connectivity index (χ0v) is 13.0. The van der Waals surface area contributed by atoms with E-state index in [1.807, 2.05) is 39.8 Å². The zero-order valence-electron chi connectivity index (χ0n) is 11.4. The van der Waals surface area contributed by atoms with Gasteiger partial charge in [-0.1, -0.05) is 35.9 Å². The predicted octanol–water partition coefficient (Wildman–Crippen LogP) is 4.61. The molecule has 0 spiro atoms. The number of allylic oxidation sites excluding steroid dienone is 1. The van der Waals surface area contributed by atoms with Crippen molar-refractivity contribution < 1.29 is 4.79 Å². The summed E-state index contributed by atoms with van der Waals surface area (Å²) in [5.41, 5.74) is 2.59. The monoisotopic (exact) mass is 309 g/mol. The van der Waals surface area contributed by atoms with Crippen molar-refractivity contribution in [3.05, 3.63) is 40.4 Å². The van der Waals surface area contributed by atoms with Gasteiger partial charge in [0, 0.05) is 15.6 Å². The number of rotatable bonds is 4. The number of halogens is 1. The Morgan fingerprint density at radius 3 is 2.33 bits per heavy atom. The second kappa shape index (κ2) is 5.70. The van der Waals surface area contributed by atoms with Gasteiger partial charge in [-0.2, -0.15) is 0 Å². The van der Waals surface area contributed by atoms with E-state index in [0.717, 1.165) is 21.3 Å². The molecule has 0 aliphatic carbocycles. The minimum atomic E-state index is -0.437. The number of hydrogen-bond donors (Lipinski definition) is 1. The first-order valence-corrected chi connectivity index (χ1v) is 6.76.